The van der Waals surface area contributed by atoms with Crippen LogP contribution in [-0.2, 0) is 14.8 Å². The number of hydrogen-bond acceptors (Lipinski definition) is 4. The molecular weight excluding hydrogens is 459 g/mol. The highest BCUT2D eigenvalue weighted by Gasteiger charge is 2.34. The Labute approximate surface area is 184 Å². The molecule has 0 aromatic heterocycles. The zero-order valence-electron chi connectivity index (χ0n) is 15.5. The molecule has 29 heavy (non-hydrogen) atoms. The first kappa shape index (κ1) is 22.2. The molecular formula is C19H19Cl3N2O4S. The van der Waals surface area contributed by atoms with Gasteiger partial charge in [0.1, 0.15) is 10.6 Å². The molecule has 1 atom stereocenters. The minimum atomic E-state index is -3.87. The molecule has 1 fully saturated rings. The van der Waals surface area contributed by atoms with Gasteiger partial charge in [-0.15, -0.1) is 0 Å². The van der Waals surface area contributed by atoms with Crippen molar-refractivity contribution in [1.82, 2.24) is 4.31 Å². The van der Waals surface area contributed by atoms with E-state index < -0.39 is 15.9 Å². The molecule has 0 radical (unpaired) electrons. The fourth-order valence-corrected chi connectivity index (χ4v) is 5.70. The number of methoxy groups -OCH3 is 1. The van der Waals surface area contributed by atoms with Crippen molar-refractivity contribution in [2.24, 2.45) is 5.92 Å². The summed E-state index contributed by atoms with van der Waals surface area (Å²) in [6, 6.07) is 9.19. The molecule has 0 spiro atoms. The normalized spacial score (nSPS) is 17.7. The molecule has 2 aromatic rings. The number of anilines is 1. The molecule has 1 heterocycles. The Kier molecular flexibility index (Phi) is 6.96. The number of sulfonamides is 1. The number of hydrogen-bond donors (Lipinski definition) is 1. The number of nitrogens with zero attached hydrogens (tertiary/aromatic N) is 1. The summed E-state index contributed by atoms with van der Waals surface area (Å²) in [4.78, 5) is 12.6. The third kappa shape index (κ3) is 4.98. The summed E-state index contributed by atoms with van der Waals surface area (Å²) >= 11 is 18.1. The van der Waals surface area contributed by atoms with E-state index in [4.69, 9.17) is 39.5 Å². The molecule has 1 N–H and O–H groups in total. The Balaban J connectivity index is 1.75. The van der Waals surface area contributed by atoms with Gasteiger partial charge in [-0.2, -0.15) is 4.31 Å². The Morgan fingerprint density at radius 3 is 2.59 bits per heavy atom. The van der Waals surface area contributed by atoms with E-state index in [1.54, 1.807) is 18.2 Å². The Hall–Kier alpha value is -1.51. The summed E-state index contributed by atoms with van der Waals surface area (Å²) < 4.78 is 32.4. The monoisotopic (exact) mass is 476 g/mol. The van der Waals surface area contributed by atoms with Crippen molar-refractivity contribution in [1.29, 1.82) is 0 Å². The van der Waals surface area contributed by atoms with Crippen LogP contribution in [0.2, 0.25) is 15.1 Å². The van der Waals surface area contributed by atoms with Gasteiger partial charge in [0.15, 0.2) is 0 Å². The first-order chi connectivity index (χ1) is 13.7. The summed E-state index contributed by atoms with van der Waals surface area (Å²) in [6.07, 6.45) is 1.13. The number of carbonyl (C=O) groups is 1. The summed E-state index contributed by atoms with van der Waals surface area (Å²) in [5, 5.41) is 3.52. The van der Waals surface area contributed by atoms with Crippen molar-refractivity contribution >= 4 is 56.4 Å². The fraction of sp³-hybridized carbons (Fsp3) is 0.316. The lowest BCUT2D eigenvalue weighted by Gasteiger charge is -2.31. The molecule has 3 rings (SSSR count). The van der Waals surface area contributed by atoms with Gasteiger partial charge in [-0.25, -0.2) is 8.42 Å². The van der Waals surface area contributed by atoms with Gasteiger partial charge in [0.25, 0.3) is 0 Å². The standard InChI is InChI=1S/C19H19Cl3N2O4S/c1-28-17-7-5-14(10-16(17)22)23-19(25)12-3-2-8-24(11-12)29(26,27)18-9-13(20)4-6-15(18)21/h4-7,9-10,12H,2-3,8,11H2,1H3,(H,23,25)/t12-/m0/s1. The maximum absolute atomic E-state index is 13.0. The molecule has 0 bridgehead atoms. The number of halogens is 3. The molecule has 156 valence electrons. The van der Waals surface area contributed by atoms with Crippen molar-refractivity contribution in [3.8, 4) is 5.75 Å². The van der Waals surface area contributed by atoms with Crippen molar-refractivity contribution in [2.45, 2.75) is 17.7 Å². The van der Waals surface area contributed by atoms with Crippen LogP contribution in [0.3, 0.4) is 0 Å². The van der Waals surface area contributed by atoms with E-state index in [-0.39, 0.29) is 27.4 Å². The lowest BCUT2D eigenvalue weighted by atomic mass is 9.98. The third-order valence-electron chi connectivity index (χ3n) is 4.69. The van der Waals surface area contributed by atoms with Gasteiger partial charge >= 0.3 is 0 Å². The molecule has 1 saturated heterocycles. The second-order valence-corrected chi connectivity index (χ2v) is 9.77. The average Bonchev–Trinajstić information content (AvgIpc) is 2.70. The molecule has 0 aliphatic carbocycles. The lowest BCUT2D eigenvalue weighted by molar-refractivity contribution is -0.120. The molecule has 6 nitrogen and oxygen atoms in total. The van der Waals surface area contributed by atoms with Gasteiger partial charge in [0.2, 0.25) is 15.9 Å². The molecule has 0 unspecified atom stereocenters. The molecule has 1 aliphatic rings. The first-order valence-corrected chi connectivity index (χ1v) is 11.4. The molecule has 1 amide bonds. The first-order valence-electron chi connectivity index (χ1n) is 8.82. The number of nitrogens with one attached hydrogen (secondary N) is 1. The Morgan fingerprint density at radius 1 is 1.14 bits per heavy atom. The van der Waals surface area contributed by atoms with E-state index in [1.165, 1.54) is 29.6 Å². The van der Waals surface area contributed by atoms with Gasteiger partial charge in [-0.1, -0.05) is 34.8 Å². The van der Waals surface area contributed by atoms with Crippen LogP contribution in [0.4, 0.5) is 5.69 Å². The van der Waals surface area contributed by atoms with E-state index >= 15 is 0 Å². The Morgan fingerprint density at radius 2 is 1.90 bits per heavy atom. The predicted molar refractivity (Wildman–Crippen MR) is 115 cm³/mol. The summed E-state index contributed by atoms with van der Waals surface area (Å²) in [6.45, 7) is 0.365. The van der Waals surface area contributed by atoms with E-state index in [9.17, 15) is 13.2 Å². The zero-order valence-corrected chi connectivity index (χ0v) is 18.6. The van der Waals surface area contributed by atoms with Crippen LogP contribution in [0.1, 0.15) is 12.8 Å². The molecule has 1 aliphatic heterocycles. The van der Waals surface area contributed by atoms with Crippen LogP contribution >= 0.6 is 34.8 Å². The maximum atomic E-state index is 13.0. The van der Waals surface area contributed by atoms with Crippen molar-refractivity contribution in [3.05, 3.63) is 51.5 Å². The van der Waals surface area contributed by atoms with Crippen molar-refractivity contribution in [2.75, 3.05) is 25.5 Å². The SMILES string of the molecule is COc1ccc(NC(=O)[C@H]2CCCN(S(=O)(=O)c3cc(Cl)ccc3Cl)C2)cc1Cl. The summed E-state index contributed by atoms with van der Waals surface area (Å²) in [5.74, 6) is -0.279. The van der Waals surface area contributed by atoms with Crippen LogP contribution < -0.4 is 10.1 Å². The number of ether oxygens (including phenoxy) is 1. The van der Waals surface area contributed by atoms with E-state index in [2.05, 4.69) is 5.32 Å². The van der Waals surface area contributed by atoms with Crippen LogP contribution in [0.5, 0.6) is 5.75 Å². The molecule has 2 aromatic carbocycles. The number of amides is 1. The predicted octanol–water partition coefficient (Wildman–Crippen LogP) is 4.69. The second kappa shape index (κ2) is 9.10. The van der Waals surface area contributed by atoms with E-state index in [0.29, 0.717) is 35.8 Å². The summed E-state index contributed by atoms with van der Waals surface area (Å²) in [7, 11) is -2.37. The van der Waals surface area contributed by atoms with E-state index in [0.717, 1.165) is 0 Å². The van der Waals surface area contributed by atoms with Gasteiger partial charge < -0.3 is 10.1 Å². The largest absolute Gasteiger partial charge is 0.495 e. The van der Waals surface area contributed by atoms with Crippen LogP contribution in [0.25, 0.3) is 0 Å². The molecule has 10 heteroatoms. The van der Waals surface area contributed by atoms with Crippen LogP contribution in [-0.4, -0.2) is 38.8 Å². The average molecular weight is 478 g/mol. The fourth-order valence-electron chi connectivity index (χ4n) is 3.18. The zero-order chi connectivity index (χ0) is 21.2. The number of carbonyl (C=O) groups excluding carboxylic acids is 1. The van der Waals surface area contributed by atoms with Crippen molar-refractivity contribution < 1.29 is 17.9 Å². The van der Waals surface area contributed by atoms with Crippen LogP contribution in [0, 0.1) is 5.92 Å². The smallest absolute Gasteiger partial charge is 0.244 e. The number of piperidine rings is 1. The van der Waals surface area contributed by atoms with Crippen LogP contribution in [0.15, 0.2) is 41.3 Å². The minimum Gasteiger partial charge on any atom is -0.495 e. The van der Waals surface area contributed by atoms with Gasteiger partial charge in [0, 0.05) is 23.8 Å². The number of benzene rings is 2. The maximum Gasteiger partial charge on any atom is 0.244 e. The van der Waals surface area contributed by atoms with Gasteiger partial charge in [0.05, 0.1) is 23.1 Å². The highest BCUT2D eigenvalue weighted by Crippen LogP contribution is 2.31. The quantitative estimate of drug-likeness (QED) is 0.677. The second-order valence-electron chi connectivity index (χ2n) is 6.62. The lowest BCUT2D eigenvalue weighted by Crippen LogP contribution is -2.43. The Bertz CT molecular complexity index is 1030. The molecule has 0 saturated carbocycles. The van der Waals surface area contributed by atoms with E-state index in [1.807, 2.05) is 0 Å². The minimum absolute atomic E-state index is 0.0564. The van der Waals surface area contributed by atoms with Gasteiger partial charge in [-0.3, -0.25) is 4.79 Å². The van der Waals surface area contributed by atoms with Crippen molar-refractivity contribution in [3.63, 3.8) is 0 Å². The number of rotatable bonds is 5. The van der Waals surface area contributed by atoms with Gasteiger partial charge in [-0.05, 0) is 49.2 Å². The highest BCUT2D eigenvalue weighted by atomic mass is 35.5. The highest BCUT2D eigenvalue weighted by molar-refractivity contribution is 7.89. The third-order valence-corrected chi connectivity index (χ3v) is 7.56. The summed E-state index contributed by atoms with van der Waals surface area (Å²) in [5.41, 5.74) is 0.513. The topological polar surface area (TPSA) is 75.7 Å².